The Morgan fingerprint density at radius 3 is 1.11 bits per heavy atom. The van der Waals surface area contributed by atoms with Gasteiger partial charge in [0.1, 0.15) is 12.4 Å². The Balaban J connectivity index is 1.73. The molecule has 1 unspecified atom stereocenters. The Bertz CT molecular complexity index is 900. The van der Waals surface area contributed by atoms with Crippen LogP contribution in [0.4, 0.5) is 0 Å². The van der Waals surface area contributed by atoms with Gasteiger partial charge < -0.3 is 71.8 Å². The van der Waals surface area contributed by atoms with Crippen molar-refractivity contribution >= 4 is 0 Å². The molecular weight excluding hydrogens is 732 g/mol. The van der Waals surface area contributed by atoms with Gasteiger partial charge in [-0.25, -0.2) is 0 Å². The molecule has 1 aromatic rings. The molecule has 0 spiro atoms. The molecule has 1 rings (SSSR count). The summed E-state index contributed by atoms with van der Waals surface area (Å²) in [4.78, 5) is 0. The summed E-state index contributed by atoms with van der Waals surface area (Å²) < 4.78 is 71.1. The summed E-state index contributed by atoms with van der Waals surface area (Å²) in [6.07, 6.45) is 8.77. The van der Waals surface area contributed by atoms with Crippen LogP contribution in [0.5, 0.6) is 5.75 Å². The minimum Gasteiger partial charge on any atom is -0.462 e. The van der Waals surface area contributed by atoms with Gasteiger partial charge in [0.15, 0.2) is 0 Å². The normalized spacial score (nSPS) is 12.1. The van der Waals surface area contributed by atoms with Crippen LogP contribution in [0.3, 0.4) is 0 Å². The number of hydrogen-bond donors (Lipinski definition) is 2. The molecule has 2 N–H and O–H groups in total. The lowest BCUT2D eigenvalue weighted by Crippen LogP contribution is -2.24. The Morgan fingerprint density at radius 2 is 0.732 bits per heavy atom. The fourth-order valence-electron chi connectivity index (χ4n) is 4.95. The van der Waals surface area contributed by atoms with Crippen LogP contribution >= 0.6 is 0 Å². The van der Waals surface area contributed by atoms with E-state index in [0.29, 0.717) is 152 Å². The lowest BCUT2D eigenvalue weighted by Gasteiger charge is -2.16. The second-order valence-corrected chi connectivity index (χ2v) is 12.6. The predicted molar refractivity (Wildman–Crippen MR) is 212 cm³/mol. The van der Waals surface area contributed by atoms with E-state index in [4.69, 9.17) is 66.7 Å². The molecule has 0 radical (unpaired) electrons. The zero-order valence-corrected chi connectivity index (χ0v) is 34.4. The maximum atomic E-state index is 10.3. The number of aryl methyl sites for hydroxylation is 1. The molecule has 0 saturated carbocycles. The zero-order chi connectivity index (χ0) is 40.1. The number of aliphatic hydroxyl groups excluding tert-OH is 2. The van der Waals surface area contributed by atoms with Crippen molar-refractivity contribution < 1.29 is 71.8 Å². The SMILES string of the molecule is CCCCCCCCCc1ccccc1OC(O)COCCOCCOCCOCCOCCOCCOCCOCCOCCOCCOCCOCCO. The molecule has 0 aliphatic carbocycles. The standard InChI is InChI=1S/C41H76O15/c1-2-3-4-5-6-7-8-11-39-12-9-10-13-40(39)56-41(43)38-55-37-36-54-35-34-53-33-32-52-31-30-51-29-28-50-27-26-49-25-24-48-23-22-47-21-20-46-19-18-45-17-16-44-15-14-42/h9-10,12-13,41-43H,2-8,11,14-38H2,1H3. The summed E-state index contributed by atoms with van der Waals surface area (Å²) in [5.74, 6) is 0.720. The van der Waals surface area contributed by atoms with Gasteiger partial charge in [-0.2, -0.15) is 0 Å². The van der Waals surface area contributed by atoms with Crippen molar-refractivity contribution in [3.8, 4) is 5.75 Å². The first-order valence-corrected chi connectivity index (χ1v) is 20.7. The Labute approximate surface area is 336 Å². The Morgan fingerprint density at radius 1 is 0.411 bits per heavy atom. The van der Waals surface area contributed by atoms with Crippen LogP contribution in [-0.2, 0) is 63.3 Å². The first-order chi connectivity index (χ1) is 27.8. The van der Waals surface area contributed by atoms with E-state index in [1.807, 2.05) is 18.2 Å². The van der Waals surface area contributed by atoms with Crippen LogP contribution in [0.1, 0.15) is 57.4 Å². The van der Waals surface area contributed by atoms with Crippen molar-refractivity contribution in [3.05, 3.63) is 29.8 Å². The Hall–Kier alpha value is -1.54. The van der Waals surface area contributed by atoms with Crippen molar-refractivity contribution in [2.24, 2.45) is 0 Å². The van der Waals surface area contributed by atoms with Gasteiger partial charge in [-0.15, -0.1) is 0 Å². The van der Waals surface area contributed by atoms with Crippen molar-refractivity contribution in [1.82, 2.24) is 0 Å². The van der Waals surface area contributed by atoms with Gasteiger partial charge in [0.2, 0.25) is 6.29 Å². The third-order valence-electron chi connectivity index (χ3n) is 7.87. The topological polar surface area (TPSA) is 160 Å². The summed E-state index contributed by atoms with van der Waals surface area (Å²) in [5.41, 5.74) is 1.12. The lowest BCUT2D eigenvalue weighted by atomic mass is 10.0. The van der Waals surface area contributed by atoms with Crippen LogP contribution in [0.15, 0.2) is 24.3 Å². The molecule has 0 aliphatic heterocycles. The fourth-order valence-corrected chi connectivity index (χ4v) is 4.95. The number of aliphatic hydroxyl groups is 2. The molecule has 15 heteroatoms. The summed E-state index contributed by atoms with van der Waals surface area (Å²) in [6.45, 7) is 13.2. The van der Waals surface area contributed by atoms with Crippen LogP contribution in [0.2, 0.25) is 0 Å². The predicted octanol–water partition coefficient (Wildman–Crippen LogP) is 3.87. The van der Waals surface area contributed by atoms with Gasteiger partial charge in [-0.1, -0.05) is 63.6 Å². The third-order valence-corrected chi connectivity index (χ3v) is 7.87. The van der Waals surface area contributed by atoms with Gasteiger partial charge in [0, 0.05) is 0 Å². The first kappa shape index (κ1) is 52.5. The first-order valence-electron chi connectivity index (χ1n) is 20.7. The van der Waals surface area contributed by atoms with E-state index < -0.39 is 6.29 Å². The van der Waals surface area contributed by atoms with Crippen molar-refractivity contribution in [2.45, 2.75) is 64.6 Å². The number of para-hydroxylation sites is 1. The molecule has 15 nitrogen and oxygen atoms in total. The number of benzene rings is 1. The summed E-state index contributed by atoms with van der Waals surface area (Å²) in [7, 11) is 0. The largest absolute Gasteiger partial charge is 0.462 e. The number of hydrogen-bond acceptors (Lipinski definition) is 15. The second-order valence-electron chi connectivity index (χ2n) is 12.6. The molecule has 0 aromatic heterocycles. The molecule has 0 saturated heterocycles. The molecule has 1 atom stereocenters. The molecule has 0 aliphatic rings. The van der Waals surface area contributed by atoms with Gasteiger partial charge >= 0.3 is 0 Å². The van der Waals surface area contributed by atoms with Crippen LogP contribution in [0.25, 0.3) is 0 Å². The van der Waals surface area contributed by atoms with E-state index >= 15 is 0 Å². The molecule has 0 bridgehead atoms. The van der Waals surface area contributed by atoms with E-state index in [1.54, 1.807) is 0 Å². The van der Waals surface area contributed by atoms with E-state index in [-0.39, 0.29) is 13.2 Å². The Kier molecular flexibility index (Phi) is 41.8. The summed E-state index contributed by atoms with van der Waals surface area (Å²) in [6, 6.07) is 7.91. The van der Waals surface area contributed by atoms with Crippen LogP contribution in [-0.4, -0.2) is 182 Å². The molecule has 1 aromatic carbocycles. The fraction of sp³-hybridized carbons (Fsp3) is 0.854. The average molecular weight is 809 g/mol. The summed E-state index contributed by atoms with van der Waals surface area (Å²) in [5, 5.41) is 18.9. The van der Waals surface area contributed by atoms with Crippen molar-refractivity contribution in [3.63, 3.8) is 0 Å². The number of unbranched alkanes of at least 4 members (excludes halogenated alkanes) is 6. The van der Waals surface area contributed by atoms with Crippen LogP contribution in [0, 0.1) is 0 Å². The van der Waals surface area contributed by atoms with Crippen LogP contribution < -0.4 is 4.74 Å². The highest BCUT2D eigenvalue weighted by molar-refractivity contribution is 5.33. The minimum atomic E-state index is -1.03. The van der Waals surface area contributed by atoms with E-state index in [2.05, 4.69) is 13.0 Å². The van der Waals surface area contributed by atoms with E-state index in [9.17, 15) is 5.11 Å². The van der Waals surface area contributed by atoms with Gasteiger partial charge in [-0.05, 0) is 24.5 Å². The highest BCUT2D eigenvalue weighted by Gasteiger charge is 2.10. The number of rotatable bonds is 47. The molecular formula is C41H76O15. The number of ether oxygens (including phenoxy) is 13. The molecule has 56 heavy (non-hydrogen) atoms. The zero-order valence-electron chi connectivity index (χ0n) is 34.4. The lowest BCUT2D eigenvalue weighted by molar-refractivity contribution is -0.0863. The van der Waals surface area contributed by atoms with E-state index in [1.165, 1.54) is 38.5 Å². The molecule has 0 amide bonds. The minimum absolute atomic E-state index is 0.0215. The molecule has 0 heterocycles. The quantitative estimate of drug-likeness (QED) is 0.0722. The highest BCUT2D eigenvalue weighted by Crippen LogP contribution is 2.22. The van der Waals surface area contributed by atoms with Crippen molar-refractivity contribution in [2.75, 3.05) is 165 Å². The molecule has 0 fully saturated rings. The van der Waals surface area contributed by atoms with Gasteiger partial charge in [-0.3, -0.25) is 0 Å². The smallest absolute Gasteiger partial charge is 0.221 e. The van der Waals surface area contributed by atoms with Gasteiger partial charge in [0.05, 0.1) is 159 Å². The third kappa shape index (κ3) is 38.0. The van der Waals surface area contributed by atoms with E-state index in [0.717, 1.165) is 24.2 Å². The average Bonchev–Trinajstić information content (AvgIpc) is 3.21. The summed E-state index contributed by atoms with van der Waals surface area (Å²) >= 11 is 0. The van der Waals surface area contributed by atoms with Gasteiger partial charge in [0.25, 0.3) is 0 Å². The second kappa shape index (κ2) is 44.6. The maximum Gasteiger partial charge on any atom is 0.221 e. The van der Waals surface area contributed by atoms with Crippen molar-refractivity contribution in [1.29, 1.82) is 0 Å². The molecule has 330 valence electrons. The monoisotopic (exact) mass is 809 g/mol. The maximum absolute atomic E-state index is 10.3. The highest BCUT2D eigenvalue weighted by atomic mass is 16.6.